The predicted octanol–water partition coefficient (Wildman–Crippen LogP) is 3.18. The number of amides is 1. The highest BCUT2D eigenvalue weighted by Gasteiger charge is 2.32. The number of aromatic hydroxyl groups is 1. The van der Waals surface area contributed by atoms with Crippen LogP contribution in [0.4, 0.5) is 5.13 Å². The molecule has 0 radical (unpaired) electrons. The fourth-order valence-electron chi connectivity index (χ4n) is 2.03. The zero-order valence-electron chi connectivity index (χ0n) is 12.8. The summed E-state index contributed by atoms with van der Waals surface area (Å²) in [5.74, 6) is 0.100. The number of benzene rings is 1. The van der Waals surface area contributed by atoms with E-state index in [-0.39, 0.29) is 11.7 Å². The van der Waals surface area contributed by atoms with Crippen molar-refractivity contribution >= 4 is 44.9 Å². The molecule has 6 nitrogen and oxygen atoms in total. The third kappa shape index (κ3) is 3.13. The summed E-state index contributed by atoms with van der Waals surface area (Å²) in [6.45, 7) is 3.75. The summed E-state index contributed by atoms with van der Waals surface area (Å²) in [5, 5.41) is 19.2. The molecule has 1 aromatic carbocycles. The third-order valence-electron chi connectivity index (χ3n) is 3.33. The highest BCUT2D eigenvalue weighted by molar-refractivity contribution is 8.18. The van der Waals surface area contributed by atoms with Crippen molar-refractivity contribution in [1.29, 1.82) is 0 Å². The molecule has 1 saturated heterocycles. The molecule has 2 heterocycles. The molecule has 1 aliphatic heterocycles. The number of amidine groups is 1. The molecule has 0 spiro atoms. The Bertz CT molecular complexity index is 824. The Balaban J connectivity index is 1.95. The van der Waals surface area contributed by atoms with Crippen LogP contribution in [0, 0.1) is 6.92 Å². The van der Waals surface area contributed by atoms with Gasteiger partial charge >= 0.3 is 0 Å². The summed E-state index contributed by atoms with van der Waals surface area (Å²) in [4.78, 5) is 19.0. The van der Waals surface area contributed by atoms with Crippen molar-refractivity contribution in [2.75, 3.05) is 7.05 Å². The van der Waals surface area contributed by atoms with Crippen LogP contribution in [-0.4, -0.2) is 38.3 Å². The second-order valence-corrected chi connectivity index (χ2v) is 7.10. The van der Waals surface area contributed by atoms with Gasteiger partial charge in [0.1, 0.15) is 10.8 Å². The van der Waals surface area contributed by atoms with Gasteiger partial charge in [-0.05, 0) is 48.9 Å². The lowest BCUT2D eigenvalue weighted by Gasteiger charge is -2.06. The Hall–Kier alpha value is -2.19. The first kappa shape index (κ1) is 15.7. The molecule has 1 aromatic heterocycles. The van der Waals surface area contributed by atoms with Crippen LogP contribution in [0.5, 0.6) is 5.75 Å². The lowest BCUT2D eigenvalue weighted by molar-refractivity contribution is -0.121. The van der Waals surface area contributed by atoms with Gasteiger partial charge < -0.3 is 5.11 Å². The second kappa shape index (κ2) is 6.13. The Kier molecular flexibility index (Phi) is 4.18. The SMILES string of the molecule is C/C(=C1/S/C(=N/c2nnc(C)s2)N(C)C1=O)c1ccc(O)cc1. The van der Waals surface area contributed by atoms with Crippen molar-refractivity contribution < 1.29 is 9.90 Å². The van der Waals surface area contributed by atoms with Crippen LogP contribution in [0.2, 0.25) is 0 Å². The second-order valence-electron chi connectivity index (χ2n) is 4.97. The van der Waals surface area contributed by atoms with Crippen molar-refractivity contribution in [3.63, 3.8) is 0 Å². The Labute approximate surface area is 141 Å². The van der Waals surface area contributed by atoms with Crippen LogP contribution in [0.3, 0.4) is 0 Å². The molecular formula is C15H14N4O2S2. The fourth-order valence-corrected chi connectivity index (χ4v) is 3.68. The Morgan fingerprint density at radius 1 is 1.26 bits per heavy atom. The van der Waals surface area contributed by atoms with E-state index >= 15 is 0 Å². The largest absolute Gasteiger partial charge is 0.508 e. The van der Waals surface area contributed by atoms with Crippen molar-refractivity contribution in [3.05, 3.63) is 39.7 Å². The number of likely N-dealkylation sites (N-methyl/N-ethyl adjacent to an activating group) is 1. The first-order chi connectivity index (χ1) is 11.0. The molecule has 1 amide bonds. The van der Waals surface area contributed by atoms with Gasteiger partial charge in [0.25, 0.3) is 5.91 Å². The van der Waals surface area contributed by atoms with Crippen LogP contribution in [0.1, 0.15) is 17.5 Å². The quantitative estimate of drug-likeness (QED) is 0.845. The standard InChI is InChI=1S/C15H14N4O2S2/c1-8(10-4-6-11(20)7-5-10)12-13(21)19(3)15(23-12)16-14-18-17-9(2)22-14/h4-7,20H,1-3H3/b12-8-,16-15+. The molecule has 0 saturated carbocycles. The van der Waals surface area contributed by atoms with Crippen LogP contribution in [0.25, 0.3) is 5.57 Å². The summed E-state index contributed by atoms with van der Waals surface area (Å²) in [7, 11) is 1.69. The highest BCUT2D eigenvalue weighted by Crippen LogP contribution is 2.37. The highest BCUT2D eigenvalue weighted by atomic mass is 32.2. The maximum atomic E-state index is 12.5. The fraction of sp³-hybridized carbons (Fsp3) is 0.200. The van der Waals surface area contributed by atoms with E-state index in [2.05, 4.69) is 15.2 Å². The van der Waals surface area contributed by atoms with E-state index in [1.165, 1.54) is 28.0 Å². The number of aliphatic imine (C=N–C) groups is 1. The number of phenolic OH excluding ortho intramolecular Hbond substituents is 1. The first-order valence-electron chi connectivity index (χ1n) is 6.80. The molecule has 0 unspecified atom stereocenters. The number of phenols is 1. The molecule has 1 fully saturated rings. The van der Waals surface area contributed by atoms with Crippen LogP contribution >= 0.6 is 23.1 Å². The van der Waals surface area contributed by atoms with Crippen molar-refractivity contribution in [1.82, 2.24) is 15.1 Å². The third-order valence-corrected chi connectivity index (χ3v) is 5.29. The van der Waals surface area contributed by atoms with Crippen LogP contribution in [-0.2, 0) is 4.79 Å². The van der Waals surface area contributed by atoms with Gasteiger partial charge in [-0.2, -0.15) is 4.99 Å². The lowest BCUT2D eigenvalue weighted by atomic mass is 10.1. The smallest absolute Gasteiger partial charge is 0.266 e. The molecule has 8 heteroatoms. The number of aromatic nitrogens is 2. The summed E-state index contributed by atoms with van der Waals surface area (Å²) < 4.78 is 0. The van der Waals surface area contributed by atoms with Gasteiger partial charge in [0.15, 0.2) is 5.17 Å². The van der Waals surface area contributed by atoms with Gasteiger partial charge in [-0.1, -0.05) is 23.5 Å². The lowest BCUT2D eigenvalue weighted by Crippen LogP contribution is -2.23. The number of nitrogens with zero attached hydrogens (tertiary/aromatic N) is 4. The predicted molar refractivity (Wildman–Crippen MR) is 92.8 cm³/mol. The molecule has 118 valence electrons. The number of thioether (sulfide) groups is 1. The van der Waals surface area contributed by atoms with Gasteiger partial charge in [0, 0.05) is 7.05 Å². The zero-order chi connectivity index (χ0) is 16.6. The number of carbonyl (C=O) groups is 1. The molecule has 0 atom stereocenters. The van der Waals surface area contributed by atoms with Gasteiger partial charge in [-0.25, -0.2) is 0 Å². The number of carbonyl (C=O) groups excluding carboxylic acids is 1. The summed E-state index contributed by atoms with van der Waals surface area (Å²) >= 11 is 2.70. The van der Waals surface area contributed by atoms with Gasteiger partial charge in [-0.3, -0.25) is 9.69 Å². The minimum absolute atomic E-state index is 0.0967. The summed E-state index contributed by atoms with van der Waals surface area (Å²) in [6, 6.07) is 6.78. The normalized spacial score (nSPS) is 18.8. The molecule has 2 aromatic rings. The van der Waals surface area contributed by atoms with E-state index in [9.17, 15) is 9.90 Å². The van der Waals surface area contributed by atoms with Crippen molar-refractivity contribution in [2.45, 2.75) is 13.8 Å². The van der Waals surface area contributed by atoms with Crippen molar-refractivity contribution in [3.8, 4) is 5.75 Å². The van der Waals surface area contributed by atoms with E-state index in [1.807, 2.05) is 13.8 Å². The molecule has 0 aliphatic carbocycles. The number of hydrogen-bond acceptors (Lipinski definition) is 7. The summed E-state index contributed by atoms with van der Waals surface area (Å²) in [6.07, 6.45) is 0. The molecule has 1 N–H and O–H groups in total. The monoisotopic (exact) mass is 346 g/mol. The average Bonchev–Trinajstić information content (AvgIpc) is 3.06. The molecule has 1 aliphatic rings. The Morgan fingerprint density at radius 3 is 2.57 bits per heavy atom. The topological polar surface area (TPSA) is 78.7 Å². The molecule has 0 bridgehead atoms. The Morgan fingerprint density at radius 2 is 1.96 bits per heavy atom. The zero-order valence-corrected chi connectivity index (χ0v) is 14.4. The molecular weight excluding hydrogens is 332 g/mol. The van der Waals surface area contributed by atoms with Crippen LogP contribution in [0.15, 0.2) is 34.2 Å². The maximum absolute atomic E-state index is 12.5. The van der Waals surface area contributed by atoms with E-state index in [0.29, 0.717) is 15.2 Å². The maximum Gasteiger partial charge on any atom is 0.266 e. The van der Waals surface area contributed by atoms with E-state index < -0.39 is 0 Å². The van der Waals surface area contributed by atoms with E-state index in [0.717, 1.165) is 16.1 Å². The summed E-state index contributed by atoms with van der Waals surface area (Å²) in [5.41, 5.74) is 1.74. The number of hydrogen-bond donors (Lipinski definition) is 1. The van der Waals surface area contributed by atoms with Gasteiger partial charge in [-0.15, -0.1) is 10.2 Å². The van der Waals surface area contributed by atoms with Crippen molar-refractivity contribution in [2.24, 2.45) is 4.99 Å². The van der Waals surface area contributed by atoms with Gasteiger partial charge in [0.05, 0.1) is 4.91 Å². The average molecular weight is 346 g/mol. The van der Waals surface area contributed by atoms with E-state index in [4.69, 9.17) is 0 Å². The van der Waals surface area contributed by atoms with Crippen LogP contribution < -0.4 is 0 Å². The van der Waals surface area contributed by atoms with Gasteiger partial charge in [0.2, 0.25) is 5.13 Å². The number of aryl methyl sites for hydroxylation is 1. The van der Waals surface area contributed by atoms with E-state index in [1.54, 1.807) is 31.3 Å². The molecule has 23 heavy (non-hydrogen) atoms. The number of rotatable bonds is 2. The minimum Gasteiger partial charge on any atom is -0.508 e. The minimum atomic E-state index is -0.0967. The first-order valence-corrected chi connectivity index (χ1v) is 8.44. The molecule has 3 rings (SSSR count). The number of allylic oxidation sites excluding steroid dienone is 1.